The second-order valence-electron chi connectivity index (χ2n) is 4.72. The zero-order chi connectivity index (χ0) is 11.2. The molecule has 2 nitrogen and oxygen atoms in total. The number of rotatable bonds is 1. The van der Waals surface area contributed by atoms with Gasteiger partial charge in [0.2, 0.25) is 0 Å². The Bertz CT molecular complexity index is 423. The summed E-state index contributed by atoms with van der Waals surface area (Å²) in [6, 6.07) is 1.93. The van der Waals surface area contributed by atoms with Crippen LogP contribution in [-0.4, -0.2) is 10.8 Å². The smallest absolute Gasteiger partial charge is 0.178 e. The molecule has 0 aromatic carbocycles. The van der Waals surface area contributed by atoms with E-state index < -0.39 is 0 Å². The van der Waals surface area contributed by atoms with Gasteiger partial charge in [0.15, 0.2) is 5.78 Å². The van der Waals surface area contributed by atoms with Gasteiger partial charge >= 0.3 is 0 Å². The molecule has 1 aromatic heterocycles. The SMILES string of the molecule is CC(=O)c1cc(C)c2c(n1)C(C)CC2C. The highest BCUT2D eigenvalue weighted by molar-refractivity contribution is 5.92. The van der Waals surface area contributed by atoms with Crippen LogP contribution in [0.5, 0.6) is 0 Å². The number of hydrogen-bond acceptors (Lipinski definition) is 2. The minimum absolute atomic E-state index is 0.0626. The summed E-state index contributed by atoms with van der Waals surface area (Å²) in [5, 5.41) is 0. The van der Waals surface area contributed by atoms with Gasteiger partial charge in [-0.1, -0.05) is 13.8 Å². The van der Waals surface area contributed by atoms with Gasteiger partial charge in [0, 0.05) is 12.6 Å². The number of ketones is 1. The molecular weight excluding hydrogens is 186 g/mol. The lowest BCUT2D eigenvalue weighted by atomic mass is 9.99. The van der Waals surface area contributed by atoms with Crippen LogP contribution < -0.4 is 0 Å². The average Bonchev–Trinajstić information content (AvgIpc) is 2.42. The van der Waals surface area contributed by atoms with Crippen LogP contribution in [0.3, 0.4) is 0 Å². The maximum atomic E-state index is 11.3. The molecule has 0 aliphatic heterocycles. The zero-order valence-electron chi connectivity index (χ0n) is 9.79. The zero-order valence-corrected chi connectivity index (χ0v) is 9.79. The van der Waals surface area contributed by atoms with E-state index in [1.807, 2.05) is 6.07 Å². The molecule has 15 heavy (non-hydrogen) atoms. The van der Waals surface area contributed by atoms with Gasteiger partial charge in [-0.2, -0.15) is 0 Å². The fraction of sp³-hybridized carbons (Fsp3) is 0.538. The quantitative estimate of drug-likeness (QED) is 0.656. The molecule has 0 amide bonds. The molecule has 2 unspecified atom stereocenters. The van der Waals surface area contributed by atoms with Crippen LogP contribution in [0.15, 0.2) is 6.07 Å². The van der Waals surface area contributed by atoms with E-state index in [2.05, 4.69) is 25.8 Å². The minimum Gasteiger partial charge on any atom is -0.293 e. The Balaban J connectivity index is 2.61. The fourth-order valence-corrected chi connectivity index (χ4v) is 2.66. The number of aryl methyl sites for hydroxylation is 1. The summed E-state index contributed by atoms with van der Waals surface area (Å²) in [6.07, 6.45) is 1.16. The molecule has 0 N–H and O–H groups in total. The Morgan fingerprint density at radius 2 is 2.07 bits per heavy atom. The molecule has 0 spiro atoms. The van der Waals surface area contributed by atoms with Crippen LogP contribution in [0.2, 0.25) is 0 Å². The third-order valence-corrected chi connectivity index (χ3v) is 3.32. The van der Waals surface area contributed by atoms with Crippen molar-refractivity contribution in [3.63, 3.8) is 0 Å². The number of fused-ring (bicyclic) bond motifs is 1. The first kappa shape index (κ1) is 10.3. The Morgan fingerprint density at radius 3 is 2.67 bits per heavy atom. The van der Waals surface area contributed by atoms with Crippen LogP contribution in [0.4, 0.5) is 0 Å². The first-order valence-corrected chi connectivity index (χ1v) is 5.53. The highest BCUT2D eigenvalue weighted by Gasteiger charge is 2.28. The number of pyridine rings is 1. The summed E-state index contributed by atoms with van der Waals surface area (Å²) < 4.78 is 0. The van der Waals surface area contributed by atoms with Crippen LogP contribution >= 0.6 is 0 Å². The summed E-state index contributed by atoms with van der Waals surface area (Å²) in [6.45, 7) is 8.10. The normalized spacial score (nSPS) is 24.0. The van der Waals surface area contributed by atoms with E-state index in [1.54, 1.807) is 6.92 Å². The summed E-state index contributed by atoms with van der Waals surface area (Å²) in [5.41, 5.74) is 4.36. The maximum Gasteiger partial charge on any atom is 0.178 e. The minimum atomic E-state index is 0.0626. The van der Waals surface area contributed by atoms with Crippen molar-refractivity contribution < 1.29 is 4.79 Å². The summed E-state index contributed by atoms with van der Waals surface area (Å²) >= 11 is 0. The molecule has 1 heterocycles. The topological polar surface area (TPSA) is 30.0 Å². The maximum absolute atomic E-state index is 11.3. The first-order valence-electron chi connectivity index (χ1n) is 5.53. The number of carbonyl (C=O) groups excluding carboxylic acids is 1. The molecular formula is C13H17NO. The van der Waals surface area contributed by atoms with Gasteiger partial charge in [0.05, 0.1) is 0 Å². The van der Waals surface area contributed by atoms with Gasteiger partial charge in [0.1, 0.15) is 5.69 Å². The molecule has 0 fully saturated rings. The van der Waals surface area contributed by atoms with E-state index in [-0.39, 0.29) is 5.78 Å². The van der Waals surface area contributed by atoms with Crippen molar-refractivity contribution in [2.75, 3.05) is 0 Å². The second kappa shape index (κ2) is 3.44. The Morgan fingerprint density at radius 1 is 1.40 bits per heavy atom. The van der Waals surface area contributed by atoms with Crippen molar-refractivity contribution in [1.82, 2.24) is 4.98 Å². The van der Waals surface area contributed by atoms with E-state index in [4.69, 9.17) is 0 Å². The Hall–Kier alpha value is -1.18. The first-order chi connectivity index (χ1) is 7.00. The van der Waals surface area contributed by atoms with Crippen molar-refractivity contribution in [2.45, 2.75) is 46.0 Å². The van der Waals surface area contributed by atoms with Crippen LogP contribution in [0.25, 0.3) is 0 Å². The molecule has 2 heteroatoms. The van der Waals surface area contributed by atoms with Crippen molar-refractivity contribution >= 4 is 5.78 Å². The fourth-order valence-electron chi connectivity index (χ4n) is 2.66. The molecule has 1 aliphatic carbocycles. The van der Waals surface area contributed by atoms with E-state index in [0.717, 1.165) is 12.1 Å². The van der Waals surface area contributed by atoms with Gasteiger partial charge in [-0.3, -0.25) is 4.79 Å². The van der Waals surface area contributed by atoms with E-state index in [1.165, 1.54) is 11.1 Å². The number of nitrogens with zero attached hydrogens (tertiary/aromatic N) is 1. The molecule has 1 aliphatic rings. The lowest BCUT2D eigenvalue weighted by molar-refractivity contribution is 0.101. The standard InChI is InChI=1S/C13H17NO/c1-7-5-9(3)13-12(7)8(2)6-11(14-13)10(4)15/h6-7,9H,5H2,1-4H3. The lowest BCUT2D eigenvalue weighted by Crippen LogP contribution is -2.04. The van der Waals surface area contributed by atoms with Crippen LogP contribution in [-0.2, 0) is 0 Å². The van der Waals surface area contributed by atoms with Crippen LogP contribution in [0.1, 0.15) is 66.3 Å². The van der Waals surface area contributed by atoms with Crippen molar-refractivity contribution in [3.05, 3.63) is 28.6 Å². The van der Waals surface area contributed by atoms with E-state index in [0.29, 0.717) is 17.5 Å². The van der Waals surface area contributed by atoms with Crippen LogP contribution in [0, 0.1) is 6.92 Å². The summed E-state index contributed by atoms with van der Waals surface area (Å²) in [7, 11) is 0. The second-order valence-corrected chi connectivity index (χ2v) is 4.72. The molecule has 1 aromatic rings. The van der Waals surface area contributed by atoms with Gasteiger partial charge in [-0.15, -0.1) is 0 Å². The van der Waals surface area contributed by atoms with E-state index in [9.17, 15) is 4.79 Å². The third-order valence-electron chi connectivity index (χ3n) is 3.32. The summed E-state index contributed by atoms with van der Waals surface area (Å²) in [5.74, 6) is 1.14. The highest BCUT2D eigenvalue weighted by Crippen LogP contribution is 2.41. The highest BCUT2D eigenvalue weighted by atomic mass is 16.1. The number of carbonyl (C=O) groups is 1. The summed E-state index contributed by atoms with van der Waals surface area (Å²) in [4.78, 5) is 15.8. The van der Waals surface area contributed by atoms with Gasteiger partial charge in [-0.25, -0.2) is 4.98 Å². The Kier molecular flexibility index (Phi) is 2.37. The molecule has 0 radical (unpaired) electrons. The lowest BCUT2D eigenvalue weighted by Gasteiger charge is -2.09. The third kappa shape index (κ3) is 1.58. The molecule has 0 saturated carbocycles. The predicted molar refractivity (Wildman–Crippen MR) is 60.4 cm³/mol. The molecule has 80 valence electrons. The van der Waals surface area contributed by atoms with Crippen molar-refractivity contribution in [3.8, 4) is 0 Å². The molecule has 2 rings (SSSR count). The number of hydrogen-bond donors (Lipinski definition) is 0. The molecule has 0 saturated heterocycles. The van der Waals surface area contributed by atoms with Gasteiger partial charge in [-0.05, 0) is 42.4 Å². The largest absolute Gasteiger partial charge is 0.293 e. The Labute approximate surface area is 90.7 Å². The average molecular weight is 203 g/mol. The number of Topliss-reactive ketones (excluding diaryl/α,β-unsaturated/α-hetero) is 1. The van der Waals surface area contributed by atoms with Crippen molar-refractivity contribution in [2.24, 2.45) is 0 Å². The van der Waals surface area contributed by atoms with Crippen molar-refractivity contribution in [1.29, 1.82) is 0 Å². The number of aromatic nitrogens is 1. The molecule has 0 bridgehead atoms. The monoisotopic (exact) mass is 203 g/mol. The van der Waals surface area contributed by atoms with Gasteiger partial charge in [0.25, 0.3) is 0 Å². The van der Waals surface area contributed by atoms with E-state index >= 15 is 0 Å². The van der Waals surface area contributed by atoms with Gasteiger partial charge < -0.3 is 0 Å². The predicted octanol–water partition coefficient (Wildman–Crippen LogP) is 3.20. The molecule has 2 atom stereocenters.